The Labute approximate surface area is 141 Å². The van der Waals surface area contributed by atoms with Gasteiger partial charge in [0.05, 0.1) is 0 Å². The molecule has 0 aliphatic heterocycles. The van der Waals surface area contributed by atoms with Gasteiger partial charge in [0, 0.05) is 18.3 Å². The van der Waals surface area contributed by atoms with Gasteiger partial charge in [0.1, 0.15) is 0 Å². The van der Waals surface area contributed by atoms with Gasteiger partial charge in [-0.05, 0) is 42.0 Å². The van der Waals surface area contributed by atoms with Crippen molar-refractivity contribution in [2.45, 2.75) is 38.5 Å². The number of carbonyl (C=O) groups excluding carboxylic acids is 2. The second-order valence-electron chi connectivity index (χ2n) is 5.01. The Bertz CT molecular complexity index is 517. The number of carbonyl (C=O) groups is 2. The van der Waals surface area contributed by atoms with E-state index >= 15 is 0 Å². The molecule has 1 unspecified atom stereocenters. The molecule has 0 spiro atoms. The smallest absolute Gasteiger partial charge is 0.550 e. The summed E-state index contributed by atoms with van der Waals surface area (Å²) in [6.45, 7) is 1.60. The van der Waals surface area contributed by atoms with Crippen LogP contribution in [0.3, 0.4) is 0 Å². The molecule has 1 aliphatic carbocycles. The largest absolute Gasteiger partial charge is 1.00 e. The molecule has 1 fully saturated rings. The van der Waals surface area contributed by atoms with Crippen molar-refractivity contribution in [1.82, 2.24) is 0 Å². The summed E-state index contributed by atoms with van der Waals surface area (Å²) in [5.41, 5.74) is 2.55. The molecule has 0 saturated heterocycles. The zero-order valence-electron chi connectivity index (χ0n) is 12.0. The van der Waals surface area contributed by atoms with Gasteiger partial charge in [0.15, 0.2) is 5.78 Å². The van der Waals surface area contributed by atoms with Gasteiger partial charge in [0.25, 0.3) is 0 Å². The van der Waals surface area contributed by atoms with Gasteiger partial charge in [-0.15, -0.1) is 0 Å². The Balaban J connectivity index is 0.00000200. The maximum Gasteiger partial charge on any atom is 1.00 e. The minimum absolute atomic E-state index is 0. The molecule has 20 heavy (non-hydrogen) atoms. The number of hydrogen-bond donors (Lipinski definition) is 0. The monoisotopic (exact) mass is 280 g/mol. The van der Waals surface area contributed by atoms with Crippen LogP contribution in [0.4, 0.5) is 0 Å². The van der Waals surface area contributed by atoms with Crippen molar-refractivity contribution in [2.24, 2.45) is 0 Å². The molecule has 2 rings (SSSR count). The molecule has 1 atom stereocenters. The first-order chi connectivity index (χ1) is 9.08. The molecule has 0 aromatic heterocycles. The summed E-state index contributed by atoms with van der Waals surface area (Å²) in [6, 6.07) is 7.26. The summed E-state index contributed by atoms with van der Waals surface area (Å²) >= 11 is 0. The Morgan fingerprint density at radius 2 is 1.80 bits per heavy atom. The predicted molar refractivity (Wildman–Crippen MR) is 71.3 cm³/mol. The number of hydrogen-bond acceptors (Lipinski definition) is 3. The molecule has 4 heteroatoms. The molecule has 0 radical (unpaired) electrons. The summed E-state index contributed by atoms with van der Waals surface area (Å²) in [6.07, 6.45) is 5.45. The van der Waals surface area contributed by atoms with Crippen LogP contribution in [0.15, 0.2) is 29.8 Å². The van der Waals surface area contributed by atoms with Crippen LogP contribution in [0.1, 0.15) is 49.7 Å². The number of carboxylic acids is 1. The zero-order chi connectivity index (χ0) is 13.8. The molecule has 1 aromatic carbocycles. The number of ketones is 1. The summed E-state index contributed by atoms with van der Waals surface area (Å²) in [4.78, 5) is 22.5. The van der Waals surface area contributed by atoms with E-state index < -0.39 is 11.9 Å². The van der Waals surface area contributed by atoms with Gasteiger partial charge in [0.2, 0.25) is 0 Å². The van der Waals surface area contributed by atoms with Gasteiger partial charge in [-0.2, -0.15) is 0 Å². The number of aliphatic carboxylic acids is 1. The van der Waals surface area contributed by atoms with Gasteiger partial charge in [-0.25, -0.2) is 0 Å². The summed E-state index contributed by atoms with van der Waals surface area (Å²) < 4.78 is 0. The van der Waals surface area contributed by atoms with E-state index in [4.69, 9.17) is 0 Å². The van der Waals surface area contributed by atoms with Crippen LogP contribution in [0, 0.1) is 0 Å². The van der Waals surface area contributed by atoms with Gasteiger partial charge in [-0.3, -0.25) is 4.79 Å². The molecule has 1 aromatic rings. The van der Waals surface area contributed by atoms with Crippen LogP contribution in [0.25, 0.3) is 6.08 Å². The Morgan fingerprint density at radius 3 is 2.35 bits per heavy atom. The molecule has 0 amide bonds. The number of benzene rings is 1. The first-order valence-electron chi connectivity index (χ1n) is 6.62. The fourth-order valence-electron chi connectivity index (χ4n) is 2.27. The van der Waals surface area contributed by atoms with E-state index in [1.54, 1.807) is 19.1 Å². The quantitative estimate of drug-likeness (QED) is 0.531. The average Bonchev–Trinajstić information content (AvgIpc) is 2.41. The van der Waals surface area contributed by atoms with E-state index in [1.807, 2.05) is 18.2 Å². The maximum atomic E-state index is 11.7. The molecular weight excluding hydrogens is 263 g/mol. The van der Waals surface area contributed by atoms with E-state index in [9.17, 15) is 14.7 Å². The molecular formula is C16H17NaO3. The fraction of sp³-hybridized carbons (Fsp3) is 0.375. The molecule has 0 heterocycles. The van der Waals surface area contributed by atoms with Crippen molar-refractivity contribution >= 4 is 17.8 Å². The van der Waals surface area contributed by atoms with Gasteiger partial charge < -0.3 is 9.90 Å². The third-order valence-corrected chi connectivity index (χ3v) is 3.59. The Morgan fingerprint density at radius 1 is 1.20 bits per heavy atom. The first-order valence-corrected chi connectivity index (χ1v) is 6.62. The second kappa shape index (κ2) is 7.77. The standard InChI is InChI=1S/C16H18O3.Na/c1-11(16(18)19)13-8-6-12(7-9-13)10-14-4-2-3-5-15(14)17;/h6-11H,2-5H2,1H3,(H,18,19);/q;+1/p-1. The van der Waals surface area contributed by atoms with Crippen molar-refractivity contribution in [3.63, 3.8) is 0 Å². The van der Waals surface area contributed by atoms with E-state index in [0.29, 0.717) is 6.42 Å². The maximum absolute atomic E-state index is 11.7. The van der Waals surface area contributed by atoms with Crippen molar-refractivity contribution in [3.05, 3.63) is 41.0 Å². The van der Waals surface area contributed by atoms with E-state index in [1.165, 1.54) is 0 Å². The number of allylic oxidation sites excluding steroid dienone is 1. The number of rotatable bonds is 3. The van der Waals surface area contributed by atoms with Crippen molar-refractivity contribution in [3.8, 4) is 0 Å². The predicted octanol–water partition coefficient (Wildman–Crippen LogP) is -0.929. The zero-order valence-corrected chi connectivity index (χ0v) is 14.0. The van der Waals surface area contributed by atoms with E-state index in [2.05, 4.69) is 0 Å². The van der Waals surface area contributed by atoms with Crippen LogP contribution in [0.5, 0.6) is 0 Å². The Hall–Kier alpha value is -0.900. The molecule has 100 valence electrons. The fourth-order valence-corrected chi connectivity index (χ4v) is 2.27. The average molecular weight is 280 g/mol. The second-order valence-corrected chi connectivity index (χ2v) is 5.01. The van der Waals surface area contributed by atoms with Crippen LogP contribution in [-0.4, -0.2) is 11.8 Å². The minimum atomic E-state index is -1.08. The molecule has 1 aliphatic rings. The van der Waals surface area contributed by atoms with Crippen LogP contribution < -0.4 is 34.7 Å². The van der Waals surface area contributed by atoms with Crippen molar-refractivity contribution in [1.29, 1.82) is 0 Å². The SMILES string of the molecule is CC(C(=O)[O-])c1ccc(C=C2CCCCC2=O)cc1.[Na+]. The molecule has 1 saturated carbocycles. The van der Waals surface area contributed by atoms with Crippen LogP contribution in [-0.2, 0) is 9.59 Å². The van der Waals surface area contributed by atoms with Gasteiger partial charge in [-0.1, -0.05) is 31.2 Å². The third kappa shape index (κ3) is 4.30. The van der Waals surface area contributed by atoms with Gasteiger partial charge >= 0.3 is 29.6 Å². The summed E-state index contributed by atoms with van der Waals surface area (Å²) in [5.74, 6) is -1.45. The van der Waals surface area contributed by atoms with Crippen LogP contribution >= 0.6 is 0 Å². The van der Waals surface area contributed by atoms with E-state index in [0.717, 1.165) is 36.0 Å². The van der Waals surface area contributed by atoms with Crippen molar-refractivity contribution < 1.29 is 44.3 Å². The minimum Gasteiger partial charge on any atom is -0.550 e. The van der Waals surface area contributed by atoms with Crippen LogP contribution in [0.2, 0.25) is 0 Å². The molecule has 3 nitrogen and oxygen atoms in total. The molecule has 0 bridgehead atoms. The van der Waals surface area contributed by atoms with E-state index in [-0.39, 0.29) is 35.3 Å². The number of carboxylic acid groups (broad SMARTS) is 1. The third-order valence-electron chi connectivity index (χ3n) is 3.59. The first kappa shape index (κ1) is 17.2. The van der Waals surface area contributed by atoms with Crippen molar-refractivity contribution in [2.75, 3.05) is 0 Å². The number of Topliss-reactive ketones (excluding diaryl/α,β-unsaturated/α-hetero) is 1. The Kier molecular flexibility index (Phi) is 6.66. The topological polar surface area (TPSA) is 57.2 Å². The normalized spacial score (nSPS) is 18.4. The summed E-state index contributed by atoms with van der Waals surface area (Å²) in [7, 11) is 0. The summed E-state index contributed by atoms with van der Waals surface area (Å²) in [5, 5.41) is 10.8. The molecule has 0 N–H and O–H groups in total.